The Bertz CT molecular complexity index is 617. The van der Waals surface area contributed by atoms with Gasteiger partial charge in [-0.05, 0) is 25.5 Å². The maximum atomic E-state index is 12.7. The second-order valence-corrected chi connectivity index (χ2v) is 6.37. The van der Waals surface area contributed by atoms with Crippen molar-refractivity contribution in [3.05, 3.63) is 52.0 Å². The van der Waals surface area contributed by atoms with Crippen LogP contribution < -0.4 is 5.32 Å². The van der Waals surface area contributed by atoms with Crippen molar-refractivity contribution in [2.24, 2.45) is 0 Å². The lowest BCUT2D eigenvalue weighted by atomic mass is 9.87. The molecule has 0 spiro atoms. The SMILES string of the molecule is CNC(c1cnc(C(F)(F)F)s1)C1(c2ccccc2)CC1. The van der Waals surface area contributed by atoms with Crippen molar-refractivity contribution in [2.45, 2.75) is 30.5 Å². The van der Waals surface area contributed by atoms with Gasteiger partial charge >= 0.3 is 6.18 Å². The molecule has 1 heterocycles. The molecule has 0 aliphatic heterocycles. The van der Waals surface area contributed by atoms with Crippen LogP contribution in [-0.2, 0) is 11.6 Å². The van der Waals surface area contributed by atoms with Gasteiger partial charge in [0, 0.05) is 16.5 Å². The Morgan fingerprint density at radius 1 is 1.24 bits per heavy atom. The highest BCUT2D eigenvalue weighted by molar-refractivity contribution is 7.11. The van der Waals surface area contributed by atoms with E-state index in [9.17, 15) is 13.2 Å². The summed E-state index contributed by atoms with van der Waals surface area (Å²) in [6.45, 7) is 0. The lowest BCUT2D eigenvalue weighted by molar-refractivity contribution is -0.137. The Morgan fingerprint density at radius 3 is 2.38 bits per heavy atom. The van der Waals surface area contributed by atoms with E-state index in [1.165, 1.54) is 11.8 Å². The highest BCUT2D eigenvalue weighted by Crippen LogP contribution is 2.57. The maximum absolute atomic E-state index is 12.7. The molecule has 0 radical (unpaired) electrons. The van der Waals surface area contributed by atoms with Crippen molar-refractivity contribution in [1.29, 1.82) is 0 Å². The van der Waals surface area contributed by atoms with Gasteiger partial charge < -0.3 is 5.32 Å². The highest BCUT2D eigenvalue weighted by atomic mass is 32.1. The summed E-state index contributed by atoms with van der Waals surface area (Å²) in [7, 11) is 1.79. The van der Waals surface area contributed by atoms with Crippen LogP contribution in [-0.4, -0.2) is 12.0 Å². The van der Waals surface area contributed by atoms with E-state index < -0.39 is 11.2 Å². The first-order valence-electron chi connectivity index (χ1n) is 6.73. The van der Waals surface area contributed by atoms with Gasteiger partial charge in [-0.25, -0.2) is 4.98 Å². The molecule has 1 atom stereocenters. The molecule has 1 aliphatic rings. The zero-order valence-corrected chi connectivity index (χ0v) is 12.3. The number of benzene rings is 1. The van der Waals surface area contributed by atoms with Crippen molar-refractivity contribution in [3.8, 4) is 0 Å². The summed E-state index contributed by atoms with van der Waals surface area (Å²) in [5.41, 5.74) is 1.07. The van der Waals surface area contributed by atoms with E-state index in [1.54, 1.807) is 7.05 Å². The summed E-state index contributed by atoms with van der Waals surface area (Å²) in [5, 5.41) is 2.41. The Morgan fingerprint density at radius 2 is 1.90 bits per heavy atom. The van der Waals surface area contributed by atoms with Gasteiger partial charge in [0.1, 0.15) is 0 Å². The van der Waals surface area contributed by atoms with Crippen molar-refractivity contribution in [2.75, 3.05) is 7.05 Å². The number of hydrogen-bond acceptors (Lipinski definition) is 3. The minimum Gasteiger partial charge on any atom is -0.312 e. The molecule has 3 rings (SSSR count). The van der Waals surface area contributed by atoms with Crippen LogP contribution in [0.3, 0.4) is 0 Å². The van der Waals surface area contributed by atoms with Gasteiger partial charge in [0.15, 0.2) is 5.01 Å². The number of hydrogen-bond donors (Lipinski definition) is 1. The molecule has 0 saturated heterocycles. The number of thiazole rings is 1. The van der Waals surface area contributed by atoms with E-state index >= 15 is 0 Å². The number of nitrogens with zero attached hydrogens (tertiary/aromatic N) is 1. The summed E-state index contributed by atoms with van der Waals surface area (Å²) >= 11 is 0.735. The summed E-state index contributed by atoms with van der Waals surface area (Å²) in [6, 6.07) is 9.84. The first kappa shape index (κ1) is 14.5. The third-order valence-electron chi connectivity index (χ3n) is 4.03. The normalized spacial score (nSPS) is 18.5. The fraction of sp³-hybridized carbons (Fsp3) is 0.400. The molecule has 1 fully saturated rings. The first-order chi connectivity index (χ1) is 9.97. The molecule has 0 bridgehead atoms. The van der Waals surface area contributed by atoms with Gasteiger partial charge in [-0.2, -0.15) is 13.2 Å². The molecule has 2 nitrogen and oxygen atoms in total. The second-order valence-electron chi connectivity index (χ2n) is 5.31. The molecule has 6 heteroatoms. The zero-order chi connectivity index (χ0) is 15.1. The molecule has 1 aliphatic carbocycles. The van der Waals surface area contributed by atoms with Crippen molar-refractivity contribution >= 4 is 11.3 Å². The standard InChI is InChI=1S/C15H15F3N2S/c1-19-12(11-9-20-13(21-11)15(16,17)18)14(7-8-14)10-5-3-2-4-6-10/h2-6,9,12,19H,7-8H2,1H3. The molecule has 1 N–H and O–H groups in total. The molecule has 1 unspecified atom stereocenters. The van der Waals surface area contributed by atoms with Gasteiger partial charge in [-0.15, -0.1) is 11.3 Å². The smallest absolute Gasteiger partial charge is 0.312 e. The molecule has 21 heavy (non-hydrogen) atoms. The highest BCUT2D eigenvalue weighted by Gasteiger charge is 2.51. The molecular formula is C15H15F3N2S. The fourth-order valence-electron chi connectivity index (χ4n) is 2.89. The minimum atomic E-state index is -4.37. The topological polar surface area (TPSA) is 24.9 Å². The zero-order valence-electron chi connectivity index (χ0n) is 11.4. The average Bonchev–Trinajstić information content (AvgIpc) is 3.09. The molecular weight excluding hydrogens is 297 g/mol. The van der Waals surface area contributed by atoms with E-state index in [2.05, 4.69) is 10.3 Å². The van der Waals surface area contributed by atoms with Gasteiger partial charge in [-0.1, -0.05) is 30.3 Å². The second kappa shape index (κ2) is 5.10. The number of halogens is 3. The Labute approximate surface area is 125 Å². The third kappa shape index (κ3) is 2.58. The summed E-state index contributed by atoms with van der Waals surface area (Å²) in [4.78, 5) is 4.19. The monoisotopic (exact) mass is 312 g/mol. The molecule has 1 aromatic heterocycles. The van der Waals surface area contributed by atoms with E-state index in [1.807, 2.05) is 30.3 Å². The van der Waals surface area contributed by atoms with Gasteiger partial charge in [0.25, 0.3) is 0 Å². The maximum Gasteiger partial charge on any atom is 0.443 e. The summed E-state index contributed by atoms with van der Waals surface area (Å²) in [6.07, 6.45) is -1.06. The Balaban J connectivity index is 1.94. The molecule has 1 aromatic carbocycles. The number of rotatable bonds is 4. The predicted octanol–water partition coefficient (Wildman–Crippen LogP) is 4.15. The quantitative estimate of drug-likeness (QED) is 0.917. The fourth-order valence-corrected chi connectivity index (χ4v) is 3.90. The third-order valence-corrected chi connectivity index (χ3v) is 5.14. The van der Waals surface area contributed by atoms with Crippen LogP contribution >= 0.6 is 11.3 Å². The lowest BCUT2D eigenvalue weighted by Crippen LogP contribution is -2.28. The van der Waals surface area contributed by atoms with E-state index in [-0.39, 0.29) is 11.5 Å². The Hall–Kier alpha value is -1.40. The van der Waals surface area contributed by atoms with Crippen molar-refractivity contribution < 1.29 is 13.2 Å². The number of likely N-dealkylation sites (N-methyl/N-ethyl adjacent to an activating group) is 1. The van der Waals surface area contributed by atoms with Crippen LogP contribution in [0.4, 0.5) is 13.2 Å². The van der Waals surface area contributed by atoms with Gasteiger partial charge in [-0.3, -0.25) is 0 Å². The van der Waals surface area contributed by atoms with E-state index in [4.69, 9.17) is 0 Å². The summed E-state index contributed by atoms with van der Waals surface area (Å²) in [5.74, 6) is 0. The van der Waals surface area contributed by atoms with Gasteiger partial charge in [0.05, 0.1) is 6.04 Å². The molecule has 2 aromatic rings. The van der Waals surface area contributed by atoms with E-state index in [0.717, 1.165) is 24.2 Å². The number of aromatic nitrogens is 1. The van der Waals surface area contributed by atoms with Crippen LogP contribution in [0.1, 0.15) is 34.3 Å². The Kier molecular flexibility index (Phi) is 3.53. The number of nitrogens with one attached hydrogen (secondary N) is 1. The lowest BCUT2D eigenvalue weighted by Gasteiger charge is -2.26. The van der Waals surface area contributed by atoms with Crippen LogP contribution in [0.5, 0.6) is 0 Å². The van der Waals surface area contributed by atoms with Crippen molar-refractivity contribution in [1.82, 2.24) is 10.3 Å². The predicted molar refractivity (Wildman–Crippen MR) is 76.3 cm³/mol. The molecule has 112 valence electrons. The van der Waals surface area contributed by atoms with E-state index in [0.29, 0.717) is 4.88 Å². The molecule has 1 saturated carbocycles. The minimum absolute atomic E-state index is 0.106. The van der Waals surface area contributed by atoms with Crippen molar-refractivity contribution in [3.63, 3.8) is 0 Å². The first-order valence-corrected chi connectivity index (χ1v) is 7.55. The van der Waals surface area contributed by atoms with Crippen LogP contribution in [0.15, 0.2) is 36.5 Å². The molecule has 0 amide bonds. The van der Waals surface area contributed by atoms with Gasteiger partial charge in [0.2, 0.25) is 0 Å². The van der Waals surface area contributed by atoms with Crippen LogP contribution in [0.2, 0.25) is 0 Å². The summed E-state index contributed by atoms with van der Waals surface area (Å²) < 4.78 is 38.2. The van der Waals surface area contributed by atoms with Crippen LogP contribution in [0, 0.1) is 0 Å². The van der Waals surface area contributed by atoms with Crippen LogP contribution in [0.25, 0.3) is 0 Å². The number of alkyl halides is 3. The largest absolute Gasteiger partial charge is 0.443 e. The average molecular weight is 312 g/mol.